The Morgan fingerprint density at radius 3 is 2.48 bits per heavy atom. The Morgan fingerprint density at radius 2 is 1.84 bits per heavy atom. The Morgan fingerprint density at radius 1 is 1.08 bits per heavy atom. The number of rotatable bonds is 7. The number of carbonyl (C=O) groups excluding carboxylic acids is 2. The van der Waals surface area contributed by atoms with Crippen molar-refractivity contribution in [2.24, 2.45) is 5.73 Å². The van der Waals surface area contributed by atoms with Gasteiger partial charge in [0, 0.05) is 17.7 Å². The summed E-state index contributed by atoms with van der Waals surface area (Å²) in [6, 6.07) is 11.8. The number of hydrogen-bond acceptors (Lipinski definition) is 4. The van der Waals surface area contributed by atoms with Crippen LogP contribution >= 0.6 is 0 Å². The van der Waals surface area contributed by atoms with Crippen LogP contribution in [-0.2, 0) is 6.54 Å². The molecular formula is C19H22N2O4. The van der Waals surface area contributed by atoms with Crippen molar-refractivity contribution in [3.8, 4) is 11.5 Å². The normalized spacial score (nSPS) is 10.4. The van der Waals surface area contributed by atoms with Crippen LogP contribution in [0.1, 0.15) is 40.1 Å². The molecule has 6 nitrogen and oxygen atoms in total. The van der Waals surface area contributed by atoms with Gasteiger partial charge < -0.3 is 20.5 Å². The van der Waals surface area contributed by atoms with Crippen LogP contribution in [0.5, 0.6) is 11.5 Å². The zero-order valence-electron chi connectivity index (χ0n) is 14.5. The van der Waals surface area contributed by atoms with Crippen molar-refractivity contribution in [2.75, 3.05) is 7.11 Å². The minimum Gasteiger partial charge on any atom is -0.493 e. The van der Waals surface area contributed by atoms with Crippen molar-refractivity contribution in [1.29, 1.82) is 0 Å². The minimum absolute atomic E-state index is 0.00566. The average Bonchev–Trinajstić information content (AvgIpc) is 2.59. The van der Waals surface area contributed by atoms with E-state index in [-0.39, 0.29) is 18.6 Å². The molecule has 0 aliphatic rings. The molecule has 0 aliphatic heterocycles. The van der Waals surface area contributed by atoms with Crippen molar-refractivity contribution in [2.45, 2.75) is 26.5 Å². The molecule has 2 aromatic carbocycles. The number of amides is 2. The largest absolute Gasteiger partial charge is 0.493 e. The highest BCUT2D eigenvalue weighted by molar-refractivity contribution is 5.95. The summed E-state index contributed by atoms with van der Waals surface area (Å²) in [5.74, 6) is 0.331. The summed E-state index contributed by atoms with van der Waals surface area (Å²) in [4.78, 5) is 23.5. The van der Waals surface area contributed by atoms with E-state index in [1.807, 2.05) is 19.9 Å². The zero-order chi connectivity index (χ0) is 18.4. The molecule has 25 heavy (non-hydrogen) atoms. The maximum absolute atomic E-state index is 12.3. The lowest BCUT2D eigenvalue weighted by molar-refractivity contribution is 0.0949. The maximum atomic E-state index is 12.3. The standard InChI is InChI=1S/C19H22N2O4/c1-12(2)25-16-8-7-15(10-17(16)24-3)19(23)21-11-13-5-4-6-14(9-13)18(20)22/h4-10,12H,11H2,1-3H3,(H2,20,22)(H,21,23). The summed E-state index contributed by atoms with van der Waals surface area (Å²) in [6.45, 7) is 4.12. The van der Waals surface area contributed by atoms with E-state index >= 15 is 0 Å². The van der Waals surface area contributed by atoms with Crippen LogP contribution in [0.15, 0.2) is 42.5 Å². The van der Waals surface area contributed by atoms with Crippen LogP contribution < -0.4 is 20.5 Å². The molecule has 0 bridgehead atoms. The number of carbonyl (C=O) groups is 2. The lowest BCUT2D eigenvalue weighted by atomic mass is 10.1. The summed E-state index contributed by atoms with van der Waals surface area (Å²) in [6.07, 6.45) is 0.00566. The molecule has 132 valence electrons. The molecule has 0 radical (unpaired) electrons. The van der Waals surface area contributed by atoms with Crippen LogP contribution in [0.3, 0.4) is 0 Å². The molecule has 0 unspecified atom stereocenters. The maximum Gasteiger partial charge on any atom is 0.251 e. The minimum atomic E-state index is -0.501. The molecule has 0 aromatic heterocycles. The highest BCUT2D eigenvalue weighted by atomic mass is 16.5. The van der Waals surface area contributed by atoms with Crippen LogP contribution in [-0.4, -0.2) is 25.0 Å². The summed E-state index contributed by atoms with van der Waals surface area (Å²) in [7, 11) is 1.53. The highest BCUT2D eigenvalue weighted by Gasteiger charge is 2.12. The number of benzene rings is 2. The van der Waals surface area contributed by atoms with Gasteiger partial charge in [0.1, 0.15) is 0 Å². The predicted octanol–water partition coefficient (Wildman–Crippen LogP) is 2.51. The lowest BCUT2D eigenvalue weighted by Crippen LogP contribution is -2.23. The summed E-state index contributed by atoms with van der Waals surface area (Å²) in [5, 5.41) is 2.81. The van der Waals surface area contributed by atoms with E-state index in [1.54, 1.807) is 36.4 Å². The molecule has 0 heterocycles. The highest BCUT2D eigenvalue weighted by Crippen LogP contribution is 2.29. The third-order valence-electron chi connectivity index (χ3n) is 3.45. The van der Waals surface area contributed by atoms with Gasteiger partial charge in [0.25, 0.3) is 5.91 Å². The number of nitrogens with one attached hydrogen (secondary N) is 1. The summed E-state index contributed by atoms with van der Waals surface area (Å²) in [5.41, 5.74) is 6.91. The van der Waals surface area contributed by atoms with Gasteiger partial charge in [-0.05, 0) is 49.7 Å². The molecule has 3 N–H and O–H groups in total. The lowest BCUT2D eigenvalue weighted by Gasteiger charge is -2.14. The topological polar surface area (TPSA) is 90.6 Å². The Balaban J connectivity index is 2.08. The molecule has 0 spiro atoms. The predicted molar refractivity (Wildman–Crippen MR) is 94.9 cm³/mol. The molecule has 0 saturated heterocycles. The van der Waals surface area contributed by atoms with Crippen LogP contribution in [0.2, 0.25) is 0 Å². The van der Waals surface area contributed by atoms with Crippen molar-refractivity contribution in [3.05, 3.63) is 59.2 Å². The first-order chi connectivity index (χ1) is 11.9. The van der Waals surface area contributed by atoms with Gasteiger partial charge in [-0.15, -0.1) is 0 Å². The molecule has 2 amide bonds. The third kappa shape index (κ3) is 4.97. The van der Waals surface area contributed by atoms with E-state index in [0.29, 0.717) is 22.6 Å². The van der Waals surface area contributed by atoms with Crippen LogP contribution in [0, 0.1) is 0 Å². The van der Waals surface area contributed by atoms with Gasteiger partial charge in [0.05, 0.1) is 13.2 Å². The molecule has 2 aromatic rings. The number of hydrogen-bond donors (Lipinski definition) is 2. The van der Waals surface area contributed by atoms with E-state index in [0.717, 1.165) is 5.56 Å². The average molecular weight is 342 g/mol. The van der Waals surface area contributed by atoms with Crippen molar-refractivity contribution < 1.29 is 19.1 Å². The second kappa shape index (κ2) is 8.19. The van der Waals surface area contributed by atoms with E-state index < -0.39 is 5.91 Å². The van der Waals surface area contributed by atoms with E-state index in [2.05, 4.69) is 5.32 Å². The van der Waals surface area contributed by atoms with E-state index in [9.17, 15) is 9.59 Å². The van der Waals surface area contributed by atoms with E-state index in [1.165, 1.54) is 7.11 Å². The molecule has 0 aliphatic carbocycles. The van der Waals surface area contributed by atoms with Crippen LogP contribution in [0.25, 0.3) is 0 Å². The summed E-state index contributed by atoms with van der Waals surface area (Å²) < 4.78 is 10.9. The van der Waals surface area contributed by atoms with Crippen LogP contribution in [0.4, 0.5) is 0 Å². The Hall–Kier alpha value is -3.02. The third-order valence-corrected chi connectivity index (χ3v) is 3.45. The number of primary amides is 1. The van der Waals surface area contributed by atoms with Crippen molar-refractivity contribution in [3.63, 3.8) is 0 Å². The summed E-state index contributed by atoms with van der Waals surface area (Å²) >= 11 is 0. The molecule has 0 saturated carbocycles. The van der Waals surface area contributed by atoms with Gasteiger partial charge in [-0.25, -0.2) is 0 Å². The number of ether oxygens (including phenoxy) is 2. The molecular weight excluding hydrogens is 320 g/mol. The molecule has 0 fully saturated rings. The number of methoxy groups -OCH3 is 1. The molecule has 2 rings (SSSR count). The first-order valence-corrected chi connectivity index (χ1v) is 7.92. The van der Waals surface area contributed by atoms with E-state index in [4.69, 9.17) is 15.2 Å². The quantitative estimate of drug-likeness (QED) is 0.809. The first kappa shape index (κ1) is 18.3. The SMILES string of the molecule is COc1cc(C(=O)NCc2cccc(C(N)=O)c2)ccc1OC(C)C. The first-order valence-electron chi connectivity index (χ1n) is 7.92. The monoisotopic (exact) mass is 342 g/mol. The van der Waals surface area contributed by atoms with Gasteiger partial charge in [-0.1, -0.05) is 12.1 Å². The second-order valence-electron chi connectivity index (χ2n) is 5.78. The second-order valence-corrected chi connectivity index (χ2v) is 5.78. The van der Waals surface area contributed by atoms with Gasteiger partial charge in [-0.3, -0.25) is 9.59 Å². The fourth-order valence-corrected chi connectivity index (χ4v) is 2.28. The molecule has 6 heteroatoms. The zero-order valence-corrected chi connectivity index (χ0v) is 14.5. The smallest absolute Gasteiger partial charge is 0.251 e. The molecule has 0 atom stereocenters. The Kier molecular flexibility index (Phi) is 6.00. The number of nitrogens with two attached hydrogens (primary N) is 1. The van der Waals surface area contributed by atoms with Gasteiger partial charge in [0.2, 0.25) is 5.91 Å². The van der Waals surface area contributed by atoms with Gasteiger partial charge in [-0.2, -0.15) is 0 Å². The fraction of sp³-hybridized carbons (Fsp3) is 0.263. The van der Waals surface area contributed by atoms with Gasteiger partial charge in [0.15, 0.2) is 11.5 Å². The Labute approximate surface area is 146 Å². The van der Waals surface area contributed by atoms with Gasteiger partial charge >= 0.3 is 0 Å². The van der Waals surface area contributed by atoms with Crippen molar-refractivity contribution >= 4 is 11.8 Å². The fourth-order valence-electron chi connectivity index (χ4n) is 2.28. The Bertz CT molecular complexity index is 772. The van der Waals surface area contributed by atoms with Crippen molar-refractivity contribution in [1.82, 2.24) is 5.32 Å².